The van der Waals surface area contributed by atoms with Crippen LogP contribution in [0.4, 0.5) is 0 Å². The van der Waals surface area contributed by atoms with E-state index < -0.39 is 5.41 Å². The Balaban J connectivity index is 3.53. The van der Waals surface area contributed by atoms with Crippen molar-refractivity contribution in [3.63, 3.8) is 0 Å². The SMILES string of the molecule is CCCCCCCC(=O)NCCNC(=O)CC(C)(C)CO. The second-order valence-electron chi connectivity index (χ2n) is 6.36. The molecule has 0 unspecified atom stereocenters. The number of aliphatic hydroxyl groups is 1. The zero-order valence-corrected chi connectivity index (χ0v) is 13.8. The van der Waals surface area contributed by atoms with Crippen LogP contribution in [0.25, 0.3) is 0 Å². The van der Waals surface area contributed by atoms with Crippen molar-refractivity contribution in [3.05, 3.63) is 0 Å². The molecule has 0 bridgehead atoms. The van der Waals surface area contributed by atoms with Crippen molar-refractivity contribution >= 4 is 11.8 Å². The van der Waals surface area contributed by atoms with E-state index in [1.54, 1.807) is 0 Å². The predicted molar refractivity (Wildman–Crippen MR) is 84.9 cm³/mol. The Morgan fingerprint density at radius 2 is 1.52 bits per heavy atom. The molecule has 2 amide bonds. The van der Waals surface area contributed by atoms with Crippen molar-refractivity contribution in [3.8, 4) is 0 Å². The fourth-order valence-corrected chi connectivity index (χ4v) is 1.93. The van der Waals surface area contributed by atoms with Crippen molar-refractivity contribution in [2.45, 2.75) is 65.7 Å². The van der Waals surface area contributed by atoms with Crippen molar-refractivity contribution in [1.82, 2.24) is 10.6 Å². The summed E-state index contributed by atoms with van der Waals surface area (Å²) in [5, 5.41) is 14.6. The largest absolute Gasteiger partial charge is 0.396 e. The maximum Gasteiger partial charge on any atom is 0.220 e. The summed E-state index contributed by atoms with van der Waals surface area (Å²) in [7, 11) is 0. The Hall–Kier alpha value is -1.10. The van der Waals surface area contributed by atoms with Crippen molar-refractivity contribution in [2.24, 2.45) is 5.41 Å². The van der Waals surface area contributed by atoms with Crippen LogP contribution in [-0.4, -0.2) is 36.6 Å². The first-order valence-electron chi connectivity index (χ1n) is 8.05. The van der Waals surface area contributed by atoms with Gasteiger partial charge in [-0.1, -0.05) is 46.5 Å². The average molecular weight is 300 g/mol. The van der Waals surface area contributed by atoms with E-state index in [1.165, 1.54) is 19.3 Å². The molecule has 0 atom stereocenters. The molecule has 3 N–H and O–H groups in total. The number of aliphatic hydroxyl groups excluding tert-OH is 1. The summed E-state index contributed by atoms with van der Waals surface area (Å²) in [6, 6.07) is 0. The number of nitrogens with one attached hydrogen (secondary N) is 2. The minimum absolute atomic E-state index is 0.0187. The van der Waals surface area contributed by atoms with Crippen molar-refractivity contribution < 1.29 is 14.7 Å². The van der Waals surface area contributed by atoms with E-state index >= 15 is 0 Å². The van der Waals surface area contributed by atoms with Gasteiger partial charge < -0.3 is 15.7 Å². The summed E-state index contributed by atoms with van der Waals surface area (Å²) in [6.45, 7) is 6.72. The van der Waals surface area contributed by atoms with E-state index in [9.17, 15) is 9.59 Å². The van der Waals surface area contributed by atoms with Crippen LogP contribution in [0.2, 0.25) is 0 Å². The minimum atomic E-state index is -0.397. The molecule has 0 aliphatic carbocycles. The third-order valence-corrected chi connectivity index (χ3v) is 3.34. The van der Waals surface area contributed by atoms with Gasteiger partial charge in [0.1, 0.15) is 0 Å². The Kier molecular flexibility index (Phi) is 10.9. The molecule has 0 aliphatic heterocycles. The lowest BCUT2D eigenvalue weighted by atomic mass is 9.90. The highest BCUT2D eigenvalue weighted by molar-refractivity contribution is 5.77. The molecule has 0 aromatic rings. The first kappa shape index (κ1) is 19.9. The molecule has 0 radical (unpaired) electrons. The first-order chi connectivity index (χ1) is 9.91. The van der Waals surface area contributed by atoms with Crippen molar-refractivity contribution in [2.75, 3.05) is 19.7 Å². The predicted octanol–water partition coefficient (Wildman–Crippen LogP) is 1.99. The van der Waals surface area contributed by atoms with Crippen LogP contribution >= 0.6 is 0 Å². The van der Waals surface area contributed by atoms with Crippen LogP contribution in [0.3, 0.4) is 0 Å². The van der Waals surface area contributed by atoms with Gasteiger partial charge in [0.25, 0.3) is 0 Å². The molecule has 0 aliphatic rings. The fourth-order valence-electron chi connectivity index (χ4n) is 1.93. The molecule has 0 saturated carbocycles. The van der Waals surface area contributed by atoms with Crippen LogP contribution < -0.4 is 10.6 Å². The fraction of sp³-hybridized carbons (Fsp3) is 0.875. The van der Waals surface area contributed by atoms with E-state index in [-0.39, 0.29) is 24.8 Å². The lowest BCUT2D eigenvalue weighted by Crippen LogP contribution is -2.36. The Morgan fingerprint density at radius 3 is 2.10 bits per heavy atom. The van der Waals surface area contributed by atoms with Gasteiger partial charge in [0.15, 0.2) is 0 Å². The maximum absolute atomic E-state index is 11.6. The van der Waals surface area contributed by atoms with E-state index in [0.29, 0.717) is 19.5 Å². The summed E-state index contributed by atoms with van der Waals surface area (Å²) in [4.78, 5) is 23.1. The molecule has 124 valence electrons. The Morgan fingerprint density at radius 1 is 0.952 bits per heavy atom. The third kappa shape index (κ3) is 12.4. The molecule has 0 heterocycles. The zero-order valence-electron chi connectivity index (χ0n) is 13.8. The molecule has 21 heavy (non-hydrogen) atoms. The van der Waals surface area contributed by atoms with Gasteiger partial charge in [-0.2, -0.15) is 0 Å². The molecular weight excluding hydrogens is 268 g/mol. The molecule has 0 spiro atoms. The minimum Gasteiger partial charge on any atom is -0.396 e. The van der Waals surface area contributed by atoms with Gasteiger partial charge in [0, 0.05) is 32.5 Å². The average Bonchev–Trinajstić information content (AvgIpc) is 2.43. The van der Waals surface area contributed by atoms with Gasteiger partial charge in [-0.05, 0) is 11.8 Å². The highest BCUT2D eigenvalue weighted by Gasteiger charge is 2.20. The standard InChI is InChI=1S/C16H32N2O3/c1-4-5-6-7-8-9-14(20)17-10-11-18-15(21)12-16(2,3)13-19/h19H,4-13H2,1-3H3,(H,17,20)(H,18,21). The van der Waals surface area contributed by atoms with Gasteiger partial charge in [-0.3, -0.25) is 9.59 Å². The molecule has 0 aromatic heterocycles. The molecule has 5 heteroatoms. The monoisotopic (exact) mass is 300 g/mol. The quantitative estimate of drug-likeness (QED) is 0.482. The first-order valence-corrected chi connectivity index (χ1v) is 8.05. The van der Waals surface area contributed by atoms with E-state index in [4.69, 9.17) is 5.11 Å². The smallest absolute Gasteiger partial charge is 0.220 e. The Bertz CT molecular complexity index is 304. The van der Waals surface area contributed by atoms with Gasteiger partial charge in [0.05, 0.1) is 0 Å². The van der Waals surface area contributed by atoms with E-state index in [2.05, 4.69) is 17.6 Å². The molecular formula is C16H32N2O3. The molecule has 5 nitrogen and oxygen atoms in total. The van der Waals surface area contributed by atoms with Crippen LogP contribution in [0.5, 0.6) is 0 Å². The van der Waals surface area contributed by atoms with Gasteiger partial charge in [0.2, 0.25) is 11.8 Å². The summed E-state index contributed by atoms with van der Waals surface area (Å²) >= 11 is 0. The zero-order chi connectivity index (χ0) is 16.1. The number of rotatable bonds is 12. The summed E-state index contributed by atoms with van der Waals surface area (Å²) < 4.78 is 0. The lowest BCUT2D eigenvalue weighted by molar-refractivity contribution is -0.124. The van der Waals surface area contributed by atoms with E-state index in [0.717, 1.165) is 12.8 Å². The second-order valence-corrected chi connectivity index (χ2v) is 6.36. The summed E-state index contributed by atoms with van der Waals surface area (Å²) in [6.07, 6.45) is 6.53. The van der Waals surface area contributed by atoms with Crippen LogP contribution in [0.1, 0.15) is 65.7 Å². The third-order valence-electron chi connectivity index (χ3n) is 3.34. The van der Waals surface area contributed by atoms with Crippen molar-refractivity contribution in [1.29, 1.82) is 0 Å². The number of carbonyl (C=O) groups is 2. The number of unbranched alkanes of at least 4 members (excludes halogenated alkanes) is 4. The van der Waals surface area contributed by atoms with Gasteiger partial charge in [-0.15, -0.1) is 0 Å². The van der Waals surface area contributed by atoms with Gasteiger partial charge in [-0.25, -0.2) is 0 Å². The van der Waals surface area contributed by atoms with Gasteiger partial charge >= 0.3 is 0 Å². The highest BCUT2D eigenvalue weighted by Crippen LogP contribution is 2.18. The number of hydrogen-bond acceptors (Lipinski definition) is 3. The Labute approximate surface area is 128 Å². The van der Waals surface area contributed by atoms with Crippen LogP contribution in [0.15, 0.2) is 0 Å². The summed E-state index contributed by atoms with van der Waals surface area (Å²) in [5.41, 5.74) is -0.397. The molecule has 0 saturated heterocycles. The number of amides is 2. The molecule has 0 fully saturated rings. The van der Waals surface area contributed by atoms with Crippen LogP contribution in [-0.2, 0) is 9.59 Å². The normalized spacial score (nSPS) is 11.2. The van der Waals surface area contributed by atoms with E-state index in [1.807, 2.05) is 13.8 Å². The topological polar surface area (TPSA) is 78.4 Å². The maximum atomic E-state index is 11.6. The lowest BCUT2D eigenvalue weighted by Gasteiger charge is -2.20. The summed E-state index contributed by atoms with van der Waals surface area (Å²) in [5.74, 6) is -0.0423. The highest BCUT2D eigenvalue weighted by atomic mass is 16.3. The number of carbonyl (C=O) groups excluding carboxylic acids is 2. The molecule has 0 aromatic carbocycles. The van der Waals surface area contributed by atoms with Crippen LogP contribution in [0, 0.1) is 5.41 Å². The number of hydrogen-bond donors (Lipinski definition) is 3. The second kappa shape index (κ2) is 11.5. The molecule has 0 rings (SSSR count).